The number of imidazole rings is 1. The van der Waals surface area contributed by atoms with Gasteiger partial charge in [-0.3, -0.25) is 9.78 Å². The number of carbonyl (C=O) groups excluding carboxylic acids is 1. The Kier molecular flexibility index (Phi) is 2.67. The van der Waals surface area contributed by atoms with Crippen LogP contribution in [0.25, 0.3) is 11.4 Å². The number of fused-ring (bicyclic) bond motifs is 1. The molecule has 17 heavy (non-hydrogen) atoms. The number of aryl methyl sites for hydroxylation is 2. The molecule has 0 aliphatic heterocycles. The van der Waals surface area contributed by atoms with E-state index in [1.165, 1.54) is 6.92 Å². The van der Waals surface area contributed by atoms with Crippen LogP contribution in [0.2, 0.25) is 0 Å². The lowest BCUT2D eigenvalue weighted by Gasteiger charge is -1.99. The SMILES string of the molecule is C=C(OC(C)=O)c1cn2cc(C)nc(C)c2n1. The van der Waals surface area contributed by atoms with E-state index in [2.05, 4.69) is 16.5 Å². The molecule has 0 saturated heterocycles. The summed E-state index contributed by atoms with van der Waals surface area (Å²) in [4.78, 5) is 19.5. The maximum Gasteiger partial charge on any atom is 0.308 e. The molecular formula is C12H13N3O2. The van der Waals surface area contributed by atoms with Gasteiger partial charge in [0.2, 0.25) is 0 Å². The summed E-state index contributed by atoms with van der Waals surface area (Å²) in [5.41, 5.74) is 3.00. The molecule has 0 aromatic carbocycles. The van der Waals surface area contributed by atoms with Crippen molar-refractivity contribution in [2.45, 2.75) is 20.8 Å². The fourth-order valence-electron chi connectivity index (χ4n) is 1.66. The standard InChI is InChI=1S/C12H13N3O2/c1-7-5-15-6-11(9(3)17-10(4)16)14-12(15)8(2)13-7/h5-6H,3H2,1-2,4H3. The molecule has 0 N–H and O–H groups in total. The van der Waals surface area contributed by atoms with E-state index in [0.29, 0.717) is 5.69 Å². The molecule has 0 aliphatic carbocycles. The van der Waals surface area contributed by atoms with Gasteiger partial charge in [-0.2, -0.15) is 0 Å². The first kappa shape index (κ1) is 11.3. The van der Waals surface area contributed by atoms with Gasteiger partial charge in [0.05, 0.1) is 11.4 Å². The Hall–Kier alpha value is -2.17. The van der Waals surface area contributed by atoms with Crippen LogP contribution in [0.15, 0.2) is 19.0 Å². The zero-order valence-electron chi connectivity index (χ0n) is 10.0. The van der Waals surface area contributed by atoms with Crippen LogP contribution >= 0.6 is 0 Å². The smallest absolute Gasteiger partial charge is 0.308 e. The van der Waals surface area contributed by atoms with E-state index in [4.69, 9.17) is 4.74 Å². The maximum absolute atomic E-state index is 10.8. The van der Waals surface area contributed by atoms with Crippen molar-refractivity contribution >= 4 is 17.4 Å². The molecule has 0 saturated carbocycles. The summed E-state index contributed by atoms with van der Waals surface area (Å²) in [7, 11) is 0. The quantitative estimate of drug-likeness (QED) is 0.585. The van der Waals surface area contributed by atoms with Gasteiger partial charge in [0.1, 0.15) is 5.69 Å². The molecular weight excluding hydrogens is 218 g/mol. The van der Waals surface area contributed by atoms with Crippen LogP contribution in [0, 0.1) is 13.8 Å². The normalized spacial score (nSPS) is 10.5. The number of carbonyl (C=O) groups is 1. The molecule has 0 atom stereocenters. The molecule has 2 heterocycles. The summed E-state index contributed by atoms with van der Waals surface area (Å²) < 4.78 is 6.76. The first-order chi connectivity index (χ1) is 7.97. The van der Waals surface area contributed by atoms with Crippen LogP contribution < -0.4 is 0 Å². The van der Waals surface area contributed by atoms with Crippen LogP contribution in [0.4, 0.5) is 0 Å². The van der Waals surface area contributed by atoms with Gasteiger partial charge in [-0.15, -0.1) is 0 Å². The molecule has 2 aromatic rings. The Bertz CT molecular complexity index is 613. The van der Waals surface area contributed by atoms with Gasteiger partial charge in [-0.05, 0) is 13.8 Å². The number of ether oxygens (including phenoxy) is 1. The van der Waals surface area contributed by atoms with Crippen molar-refractivity contribution in [2.24, 2.45) is 0 Å². The number of rotatable bonds is 2. The molecule has 0 spiro atoms. The van der Waals surface area contributed by atoms with Crippen LogP contribution in [0.5, 0.6) is 0 Å². The summed E-state index contributed by atoms with van der Waals surface area (Å²) in [6.45, 7) is 8.80. The van der Waals surface area contributed by atoms with Crippen molar-refractivity contribution in [1.82, 2.24) is 14.4 Å². The highest BCUT2D eigenvalue weighted by molar-refractivity contribution is 5.75. The molecule has 0 radical (unpaired) electrons. The van der Waals surface area contributed by atoms with Gasteiger partial charge in [0.15, 0.2) is 11.4 Å². The van der Waals surface area contributed by atoms with Crippen molar-refractivity contribution in [2.75, 3.05) is 0 Å². The van der Waals surface area contributed by atoms with E-state index in [1.807, 2.05) is 24.4 Å². The predicted molar refractivity (Wildman–Crippen MR) is 63.3 cm³/mol. The van der Waals surface area contributed by atoms with E-state index in [0.717, 1.165) is 17.0 Å². The topological polar surface area (TPSA) is 56.5 Å². The molecule has 0 fully saturated rings. The van der Waals surface area contributed by atoms with Gasteiger partial charge in [0.25, 0.3) is 0 Å². The third-order valence-electron chi connectivity index (χ3n) is 2.28. The fourth-order valence-corrected chi connectivity index (χ4v) is 1.66. The Morgan fingerprint density at radius 1 is 1.35 bits per heavy atom. The predicted octanol–water partition coefficient (Wildman–Crippen LogP) is 1.88. The van der Waals surface area contributed by atoms with Crippen molar-refractivity contribution in [3.8, 4) is 0 Å². The fraction of sp³-hybridized carbons (Fsp3) is 0.250. The molecule has 5 nitrogen and oxygen atoms in total. The average molecular weight is 231 g/mol. The Balaban J connectivity index is 2.48. The maximum atomic E-state index is 10.8. The van der Waals surface area contributed by atoms with Gasteiger partial charge in [-0.1, -0.05) is 6.58 Å². The summed E-state index contributed by atoms with van der Waals surface area (Å²) in [5.74, 6) is -0.156. The zero-order chi connectivity index (χ0) is 12.6. The molecule has 0 aliphatic rings. The van der Waals surface area contributed by atoms with E-state index >= 15 is 0 Å². The van der Waals surface area contributed by atoms with Crippen LogP contribution in [-0.4, -0.2) is 20.3 Å². The van der Waals surface area contributed by atoms with Gasteiger partial charge in [0, 0.05) is 19.3 Å². The highest BCUT2D eigenvalue weighted by Crippen LogP contribution is 2.16. The minimum atomic E-state index is -0.405. The zero-order valence-corrected chi connectivity index (χ0v) is 10.0. The van der Waals surface area contributed by atoms with E-state index < -0.39 is 5.97 Å². The molecule has 5 heteroatoms. The summed E-state index contributed by atoms with van der Waals surface area (Å²) >= 11 is 0. The number of hydrogen-bond donors (Lipinski definition) is 0. The highest BCUT2D eigenvalue weighted by atomic mass is 16.5. The number of aromatic nitrogens is 3. The van der Waals surface area contributed by atoms with E-state index in [-0.39, 0.29) is 5.76 Å². The summed E-state index contributed by atoms with van der Waals surface area (Å²) in [6.07, 6.45) is 3.63. The van der Waals surface area contributed by atoms with Crippen molar-refractivity contribution < 1.29 is 9.53 Å². The third kappa shape index (κ3) is 2.18. The Labute approximate surface area is 98.8 Å². The van der Waals surface area contributed by atoms with E-state index in [1.54, 1.807) is 6.20 Å². The molecule has 88 valence electrons. The van der Waals surface area contributed by atoms with E-state index in [9.17, 15) is 4.79 Å². The third-order valence-corrected chi connectivity index (χ3v) is 2.28. The lowest BCUT2D eigenvalue weighted by Crippen LogP contribution is -1.97. The highest BCUT2D eigenvalue weighted by Gasteiger charge is 2.10. The summed E-state index contributed by atoms with van der Waals surface area (Å²) in [5, 5.41) is 0. The Morgan fingerprint density at radius 2 is 2.06 bits per heavy atom. The van der Waals surface area contributed by atoms with Crippen LogP contribution in [-0.2, 0) is 9.53 Å². The number of esters is 1. The van der Waals surface area contributed by atoms with Gasteiger partial charge in [-0.25, -0.2) is 4.98 Å². The van der Waals surface area contributed by atoms with Crippen molar-refractivity contribution in [3.05, 3.63) is 36.1 Å². The van der Waals surface area contributed by atoms with Gasteiger partial charge < -0.3 is 9.14 Å². The Morgan fingerprint density at radius 3 is 2.71 bits per heavy atom. The minimum absolute atomic E-state index is 0.248. The number of nitrogens with zero attached hydrogens (tertiary/aromatic N) is 3. The second-order valence-electron chi connectivity index (χ2n) is 3.84. The van der Waals surface area contributed by atoms with Crippen molar-refractivity contribution in [1.29, 1.82) is 0 Å². The number of hydrogen-bond acceptors (Lipinski definition) is 4. The molecule has 0 bridgehead atoms. The molecule has 2 rings (SSSR count). The van der Waals surface area contributed by atoms with Crippen LogP contribution in [0.1, 0.15) is 24.0 Å². The average Bonchev–Trinajstić information content (AvgIpc) is 2.60. The first-order valence-corrected chi connectivity index (χ1v) is 5.18. The molecule has 0 unspecified atom stereocenters. The van der Waals surface area contributed by atoms with Crippen molar-refractivity contribution in [3.63, 3.8) is 0 Å². The first-order valence-electron chi connectivity index (χ1n) is 5.18. The second kappa shape index (κ2) is 4.01. The molecule has 2 aromatic heterocycles. The largest absolute Gasteiger partial charge is 0.425 e. The monoisotopic (exact) mass is 231 g/mol. The molecule has 0 amide bonds. The lowest BCUT2D eigenvalue weighted by molar-refractivity contribution is -0.134. The summed E-state index contributed by atoms with van der Waals surface area (Å²) in [6, 6.07) is 0. The minimum Gasteiger partial charge on any atom is -0.425 e. The lowest BCUT2D eigenvalue weighted by atomic mass is 10.4. The second-order valence-corrected chi connectivity index (χ2v) is 3.84. The van der Waals surface area contributed by atoms with Gasteiger partial charge >= 0.3 is 5.97 Å². The van der Waals surface area contributed by atoms with Crippen LogP contribution in [0.3, 0.4) is 0 Å².